The van der Waals surface area contributed by atoms with Gasteiger partial charge in [0.05, 0.1) is 17.9 Å². The molecule has 0 radical (unpaired) electrons. The molecule has 2 aromatic rings. The lowest BCUT2D eigenvalue weighted by Crippen LogP contribution is -2.49. The van der Waals surface area contributed by atoms with Gasteiger partial charge in [-0.3, -0.25) is 4.79 Å². The maximum absolute atomic E-state index is 13.5. The minimum absolute atomic E-state index is 0.118. The summed E-state index contributed by atoms with van der Waals surface area (Å²) in [4.78, 5) is 15.7. The first kappa shape index (κ1) is 30.4. The van der Waals surface area contributed by atoms with Gasteiger partial charge < -0.3 is 19.5 Å². The summed E-state index contributed by atoms with van der Waals surface area (Å²) in [6.45, 7) is 2.75. The molecule has 1 saturated heterocycles. The monoisotopic (exact) mass is 629 g/mol. The van der Waals surface area contributed by atoms with Crippen LogP contribution in [0, 0.1) is 11.8 Å². The van der Waals surface area contributed by atoms with Gasteiger partial charge in [0.1, 0.15) is 12.4 Å². The van der Waals surface area contributed by atoms with Crippen molar-refractivity contribution in [3.05, 3.63) is 70.3 Å². The number of rotatable bonds is 2. The molecular formula is C32H40ClN3O6S. The first-order valence-corrected chi connectivity index (χ1v) is 17.2. The zero-order chi connectivity index (χ0) is 30.0. The number of aliphatic hydroxyl groups is 1. The van der Waals surface area contributed by atoms with Crippen molar-refractivity contribution in [3.63, 3.8) is 0 Å². The van der Waals surface area contributed by atoms with Gasteiger partial charge in [-0.05, 0) is 98.2 Å². The number of ether oxygens (including phenoxy) is 2. The van der Waals surface area contributed by atoms with Crippen LogP contribution < -0.4 is 14.4 Å². The Morgan fingerprint density at radius 2 is 1.91 bits per heavy atom. The van der Waals surface area contributed by atoms with E-state index >= 15 is 0 Å². The lowest BCUT2D eigenvalue weighted by atomic mass is 9.70. The molecule has 1 aliphatic carbocycles. The van der Waals surface area contributed by atoms with E-state index in [4.69, 9.17) is 21.1 Å². The first-order chi connectivity index (χ1) is 20.8. The molecule has 2 N–H and O–H groups in total. The average molecular weight is 630 g/mol. The Morgan fingerprint density at radius 1 is 1.05 bits per heavy atom. The maximum atomic E-state index is 13.5. The number of aryl methyl sites for hydroxylation is 1. The zero-order valence-corrected chi connectivity index (χ0v) is 25.9. The molecule has 2 fully saturated rings. The van der Waals surface area contributed by atoms with Crippen LogP contribution in [0.5, 0.6) is 5.75 Å². The van der Waals surface area contributed by atoms with Crippen molar-refractivity contribution in [2.75, 3.05) is 37.7 Å². The van der Waals surface area contributed by atoms with E-state index < -0.39 is 22.2 Å². The predicted molar refractivity (Wildman–Crippen MR) is 166 cm³/mol. The fourth-order valence-electron chi connectivity index (χ4n) is 6.44. The number of anilines is 1. The number of nitrogens with one attached hydrogen (secondary N) is 1. The van der Waals surface area contributed by atoms with E-state index in [1.165, 1.54) is 9.87 Å². The highest BCUT2D eigenvalue weighted by molar-refractivity contribution is 7.87. The topological polar surface area (TPSA) is 108 Å². The van der Waals surface area contributed by atoms with E-state index in [9.17, 15) is 18.3 Å². The molecule has 3 aliphatic heterocycles. The van der Waals surface area contributed by atoms with Gasteiger partial charge in [-0.1, -0.05) is 29.8 Å². The number of benzene rings is 2. The summed E-state index contributed by atoms with van der Waals surface area (Å²) >= 11 is 6.31. The highest BCUT2D eigenvalue weighted by Crippen LogP contribution is 2.41. The minimum Gasteiger partial charge on any atom is -0.487 e. The lowest BCUT2D eigenvalue weighted by molar-refractivity contribution is -0.0574. The molecule has 4 atom stereocenters. The molecule has 3 heterocycles. The Bertz CT molecular complexity index is 1460. The summed E-state index contributed by atoms with van der Waals surface area (Å²) in [6.07, 6.45) is 8.76. The molecule has 6 rings (SSSR count). The van der Waals surface area contributed by atoms with Crippen LogP contribution in [0.15, 0.2) is 48.6 Å². The van der Waals surface area contributed by atoms with Crippen LogP contribution >= 0.6 is 11.6 Å². The van der Waals surface area contributed by atoms with E-state index in [0.29, 0.717) is 37.0 Å². The Balaban J connectivity index is 1.35. The molecule has 2 bridgehead atoms. The van der Waals surface area contributed by atoms with E-state index in [0.717, 1.165) is 56.3 Å². The quantitative estimate of drug-likeness (QED) is 0.472. The number of carbonyl (C=O) groups is 1. The highest BCUT2D eigenvalue weighted by atomic mass is 35.5. The molecule has 1 amide bonds. The van der Waals surface area contributed by atoms with Gasteiger partial charge in [-0.2, -0.15) is 12.7 Å². The van der Waals surface area contributed by atoms with Crippen LogP contribution in [0.2, 0.25) is 5.02 Å². The number of nitrogens with zero attached hydrogens (tertiary/aromatic N) is 2. The fraction of sp³-hybridized carbons (Fsp3) is 0.531. The largest absolute Gasteiger partial charge is 0.487 e. The molecular weight excluding hydrogens is 590 g/mol. The molecule has 0 spiro atoms. The fourth-order valence-corrected chi connectivity index (χ4v) is 7.82. The normalized spacial score (nSPS) is 28.9. The van der Waals surface area contributed by atoms with Gasteiger partial charge in [0.25, 0.3) is 5.91 Å². The van der Waals surface area contributed by atoms with Crippen LogP contribution in [-0.4, -0.2) is 68.7 Å². The van der Waals surface area contributed by atoms with E-state index in [-0.39, 0.29) is 36.6 Å². The van der Waals surface area contributed by atoms with Crippen molar-refractivity contribution in [3.8, 4) is 5.75 Å². The number of amides is 1. The Labute approximate surface area is 259 Å². The van der Waals surface area contributed by atoms with Crippen molar-refractivity contribution in [2.45, 2.75) is 63.8 Å². The standard InChI is InChI=1S/C32H40ClN3O6S/c33-26-10-7-25-21-42-31-12-9-23-18-29(31)35(14-3-1-5-22(25)17-26)19-24-8-11-28(24)30(37)6-2-4-15-36(20-27-13-16-41-27)43(39,40)34-32(23)38/h2,6-7,9-10,12,17-18,24,27-28,30,37H,1,3-5,8,11,13-16,19-21H2,(H,34,38)/b6-2+/t24-,27?,28+,30?/m0/s1. The number of hydrogen-bond acceptors (Lipinski definition) is 7. The van der Waals surface area contributed by atoms with Crippen molar-refractivity contribution >= 4 is 33.4 Å². The molecule has 43 heavy (non-hydrogen) atoms. The van der Waals surface area contributed by atoms with E-state index in [1.807, 2.05) is 24.3 Å². The minimum atomic E-state index is -4.14. The number of hydrogen-bond donors (Lipinski definition) is 2. The number of aliphatic hydroxyl groups excluding tert-OH is 1. The van der Waals surface area contributed by atoms with Crippen molar-refractivity contribution in [2.24, 2.45) is 11.8 Å². The average Bonchev–Trinajstić information content (AvgIpc) is 2.96. The second-order valence-corrected chi connectivity index (χ2v) is 14.2. The van der Waals surface area contributed by atoms with Gasteiger partial charge in [0, 0.05) is 43.4 Å². The third-order valence-electron chi connectivity index (χ3n) is 9.25. The molecule has 2 unspecified atom stereocenters. The van der Waals surface area contributed by atoms with Crippen molar-refractivity contribution < 1.29 is 27.8 Å². The summed E-state index contributed by atoms with van der Waals surface area (Å²) in [5, 5.41) is 11.8. The van der Waals surface area contributed by atoms with Gasteiger partial charge in [-0.15, -0.1) is 0 Å². The van der Waals surface area contributed by atoms with Crippen LogP contribution in [0.25, 0.3) is 0 Å². The second-order valence-electron chi connectivity index (χ2n) is 12.1. The van der Waals surface area contributed by atoms with E-state index in [2.05, 4.69) is 9.62 Å². The third-order valence-corrected chi connectivity index (χ3v) is 10.9. The smallest absolute Gasteiger partial charge is 0.304 e. The summed E-state index contributed by atoms with van der Waals surface area (Å²) in [6, 6.07) is 11.0. The molecule has 0 aromatic heterocycles. The molecule has 9 nitrogen and oxygen atoms in total. The molecule has 2 aromatic carbocycles. The SMILES string of the molecule is O=C1NS(=O)(=O)N(CC2CCO2)CC/C=C/C(O)[C@@H]2CC[C@H]2CN2CCCCc3cc(Cl)ccc3COc3ccc1cc32. The summed E-state index contributed by atoms with van der Waals surface area (Å²) < 4.78 is 42.3. The van der Waals surface area contributed by atoms with Crippen molar-refractivity contribution in [1.82, 2.24) is 9.03 Å². The van der Waals surface area contributed by atoms with Crippen LogP contribution in [0.4, 0.5) is 5.69 Å². The molecule has 232 valence electrons. The van der Waals surface area contributed by atoms with Gasteiger partial charge >= 0.3 is 10.2 Å². The van der Waals surface area contributed by atoms with Crippen molar-refractivity contribution in [1.29, 1.82) is 0 Å². The number of fused-ring (bicyclic) bond motifs is 3. The predicted octanol–water partition coefficient (Wildman–Crippen LogP) is 4.47. The second kappa shape index (κ2) is 13.2. The third kappa shape index (κ3) is 7.04. The maximum Gasteiger partial charge on any atom is 0.304 e. The zero-order valence-electron chi connectivity index (χ0n) is 24.3. The van der Waals surface area contributed by atoms with Gasteiger partial charge in [0.15, 0.2) is 0 Å². The number of carbonyl (C=O) groups excluding carboxylic acids is 1. The Morgan fingerprint density at radius 3 is 2.67 bits per heavy atom. The van der Waals surface area contributed by atoms with Crippen LogP contribution in [0.3, 0.4) is 0 Å². The molecule has 1 saturated carbocycles. The van der Waals surface area contributed by atoms with Gasteiger partial charge in [-0.25, -0.2) is 4.72 Å². The highest BCUT2D eigenvalue weighted by Gasteiger charge is 2.37. The van der Waals surface area contributed by atoms with E-state index in [1.54, 1.807) is 24.3 Å². The number of halogens is 1. The first-order valence-electron chi connectivity index (χ1n) is 15.3. The Hall–Kier alpha value is -2.63. The van der Waals surface area contributed by atoms with Crippen LogP contribution in [-0.2, 0) is 28.0 Å². The summed E-state index contributed by atoms with van der Waals surface area (Å²) in [7, 11) is -4.14. The summed E-state index contributed by atoms with van der Waals surface area (Å²) in [5.41, 5.74) is 3.23. The molecule has 11 heteroatoms. The molecule has 4 aliphatic rings. The Kier molecular flexibility index (Phi) is 9.30. The van der Waals surface area contributed by atoms with Crippen LogP contribution in [0.1, 0.15) is 60.0 Å². The summed E-state index contributed by atoms with van der Waals surface area (Å²) in [5.74, 6) is 0.346. The van der Waals surface area contributed by atoms with Gasteiger partial charge in [0.2, 0.25) is 0 Å². The lowest BCUT2D eigenvalue weighted by Gasteiger charge is -2.42.